The number of thiocarbonyl (C=S) groups is 1. The minimum absolute atomic E-state index is 0.00292. The normalized spacial score (nSPS) is 16.8. The number of likely N-dealkylation sites (tertiary alicyclic amines) is 1. The highest BCUT2D eigenvalue weighted by molar-refractivity contribution is 7.80. The quantitative estimate of drug-likeness (QED) is 0.853. The van der Waals surface area contributed by atoms with E-state index in [-0.39, 0.29) is 5.91 Å². The number of nitrogens with zero attached hydrogens (tertiary/aromatic N) is 2. The Morgan fingerprint density at radius 2 is 1.95 bits per heavy atom. The summed E-state index contributed by atoms with van der Waals surface area (Å²) < 4.78 is 0. The molecule has 4 nitrogen and oxygen atoms in total. The average Bonchev–Trinajstić information content (AvgIpc) is 2.46. The lowest BCUT2D eigenvalue weighted by molar-refractivity contribution is 0.0603. The number of carbonyl (C=O) groups excluding carboxylic acids is 1. The summed E-state index contributed by atoms with van der Waals surface area (Å²) in [7, 11) is 0. The molecule has 21 heavy (non-hydrogen) atoms. The summed E-state index contributed by atoms with van der Waals surface area (Å²) in [6.07, 6.45) is 3.68. The van der Waals surface area contributed by atoms with Gasteiger partial charge in [0.15, 0.2) is 0 Å². The molecule has 1 aliphatic heterocycles. The molecule has 2 rings (SSSR count). The number of piperidine rings is 1. The first-order chi connectivity index (χ1) is 9.79. The summed E-state index contributed by atoms with van der Waals surface area (Å²) in [6, 6.07) is 3.46. The summed E-state index contributed by atoms with van der Waals surface area (Å²) in [5.74, 6) is 0.670. The highest BCUT2D eigenvalue weighted by Gasteiger charge is 2.30. The lowest BCUT2D eigenvalue weighted by Gasteiger charge is -2.38. The van der Waals surface area contributed by atoms with Gasteiger partial charge in [-0.3, -0.25) is 9.78 Å². The molecule has 2 heterocycles. The van der Waals surface area contributed by atoms with Crippen LogP contribution in [0.4, 0.5) is 0 Å². The van der Waals surface area contributed by atoms with E-state index in [9.17, 15) is 4.79 Å². The van der Waals surface area contributed by atoms with Crippen LogP contribution in [0, 0.1) is 11.3 Å². The van der Waals surface area contributed by atoms with Crippen LogP contribution in [0.1, 0.15) is 49.7 Å². The van der Waals surface area contributed by atoms with E-state index < -0.39 is 0 Å². The molecule has 0 radical (unpaired) electrons. The van der Waals surface area contributed by atoms with E-state index in [0.29, 0.717) is 27.6 Å². The van der Waals surface area contributed by atoms with Crippen LogP contribution in [-0.4, -0.2) is 33.9 Å². The average molecular weight is 305 g/mol. The third-order valence-corrected chi connectivity index (χ3v) is 4.51. The molecule has 0 unspecified atom stereocenters. The Labute approximate surface area is 131 Å². The molecule has 0 atom stereocenters. The zero-order chi connectivity index (χ0) is 15.6. The van der Waals surface area contributed by atoms with Crippen LogP contribution in [0.5, 0.6) is 0 Å². The van der Waals surface area contributed by atoms with Gasteiger partial charge in [-0.1, -0.05) is 33.0 Å². The zero-order valence-corrected chi connectivity index (χ0v) is 13.7. The van der Waals surface area contributed by atoms with Gasteiger partial charge in [0.2, 0.25) is 0 Å². The van der Waals surface area contributed by atoms with Crippen molar-refractivity contribution in [3.8, 4) is 0 Å². The highest BCUT2D eigenvalue weighted by Crippen LogP contribution is 2.34. The molecule has 0 spiro atoms. The summed E-state index contributed by atoms with van der Waals surface area (Å²) >= 11 is 4.89. The van der Waals surface area contributed by atoms with Crippen molar-refractivity contribution >= 4 is 23.1 Å². The number of carbonyl (C=O) groups is 1. The maximum absolute atomic E-state index is 12.4. The fraction of sp³-hybridized carbons (Fsp3) is 0.562. The first-order valence-electron chi connectivity index (χ1n) is 7.34. The van der Waals surface area contributed by atoms with E-state index in [1.165, 1.54) is 0 Å². The second kappa shape index (κ2) is 6.10. The van der Waals surface area contributed by atoms with Gasteiger partial charge in [0, 0.05) is 24.8 Å². The number of nitrogens with two attached hydrogens (primary N) is 1. The molecule has 0 bridgehead atoms. The van der Waals surface area contributed by atoms with Crippen molar-refractivity contribution in [3.63, 3.8) is 0 Å². The van der Waals surface area contributed by atoms with Gasteiger partial charge in [0.1, 0.15) is 10.7 Å². The molecule has 1 aromatic heterocycles. The number of rotatable bonds is 2. The van der Waals surface area contributed by atoms with Crippen LogP contribution in [0.25, 0.3) is 0 Å². The summed E-state index contributed by atoms with van der Waals surface area (Å²) in [4.78, 5) is 18.8. The largest absolute Gasteiger partial charge is 0.389 e. The molecule has 5 heteroatoms. The van der Waals surface area contributed by atoms with Gasteiger partial charge >= 0.3 is 0 Å². The number of amides is 1. The van der Waals surface area contributed by atoms with E-state index in [0.717, 1.165) is 25.9 Å². The lowest BCUT2D eigenvalue weighted by Crippen LogP contribution is -2.41. The van der Waals surface area contributed by atoms with E-state index in [1.807, 2.05) is 4.90 Å². The summed E-state index contributed by atoms with van der Waals surface area (Å²) in [5.41, 5.74) is 7.00. The summed E-state index contributed by atoms with van der Waals surface area (Å²) in [5, 5.41) is 0. The van der Waals surface area contributed by atoms with Crippen molar-refractivity contribution in [2.75, 3.05) is 13.1 Å². The van der Waals surface area contributed by atoms with Crippen LogP contribution in [-0.2, 0) is 0 Å². The topological polar surface area (TPSA) is 59.2 Å². The lowest BCUT2D eigenvalue weighted by atomic mass is 9.75. The first-order valence-corrected chi connectivity index (χ1v) is 7.75. The number of hydrogen-bond acceptors (Lipinski definition) is 3. The smallest absolute Gasteiger partial charge is 0.272 e. The first kappa shape index (κ1) is 15.9. The molecular weight excluding hydrogens is 282 g/mol. The Morgan fingerprint density at radius 1 is 1.33 bits per heavy atom. The van der Waals surface area contributed by atoms with Crippen LogP contribution >= 0.6 is 12.2 Å². The van der Waals surface area contributed by atoms with E-state index in [4.69, 9.17) is 18.0 Å². The minimum Gasteiger partial charge on any atom is -0.389 e. The summed E-state index contributed by atoms with van der Waals surface area (Å²) in [6.45, 7) is 8.42. The van der Waals surface area contributed by atoms with Gasteiger partial charge in [0.25, 0.3) is 5.91 Å². The molecule has 0 aromatic carbocycles. The Morgan fingerprint density at radius 3 is 2.38 bits per heavy atom. The molecule has 2 N–H and O–H groups in total. The van der Waals surface area contributed by atoms with E-state index in [1.54, 1.807) is 18.3 Å². The maximum atomic E-state index is 12.4. The number of hydrogen-bond donors (Lipinski definition) is 1. The van der Waals surface area contributed by atoms with Crippen molar-refractivity contribution in [1.29, 1.82) is 0 Å². The van der Waals surface area contributed by atoms with Crippen molar-refractivity contribution in [2.24, 2.45) is 17.1 Å². The SMILES string of the molecule is CC(C)(C)C1CCN(C(=O)c2ccc(C(N)=S)cn2)CC1. The fourth-order valence-corrected chi connectivity index (χ4v) is 2.90. The van der Waals surface area contributed by atoms with Gasteiger partial charge < -0.3 is 10.6 Å². The molecular formula is C16H23N3OS. The Balaban J connectivity index is 2.00. The molecule has 0 saturated carbocycles. The van der Waals surface area contributed by atoms with Gasteiger partial charge in [-0.15, -0.1) is 0 Å². The standard InChI is InChI=1S/C16H23N3OS/c1-16(2,3)12-6-8-19(9-7-12)15(20)13-5-4-11(10-18-13)14(17)21/h4-5,10,12H,6-9H2,1-3H3,(H2,17,21). The van der Waals surface area contributed by atoms with Crippen LogP contribution in [0.2, 0.25) is 0 Å². The zero-order valence-electron chi connectivity index (χ0n) is 12.9. The van der Waals surface area contributed by atoms with Crippen molar-refractivity contribution < 1.29 is 4.79 Å². The minimum atomic E-state index is -0.00292. The molecule has 1 aromatic rings. The van der Waals surface area contributed by atoms with Crippen LogP contribution < -0.4 is 5.73 Å². The Bertz CT molecular complexity index is 525. The second-order valence-corrected chi connectivity index (χ2v) is 7.17. The molecule has 1 aliphatic rings. The third kappa shape index (κ3) is 3.79. The number of pyridine rings is 1. The Kier molecular flexibility index (Phi) is 4.61. The van der Waals surface area contributed by atoms with Crippen LogP contribution in [0.3, 0.4) is 0 Å². The molecule has 1 saturated heterocycles. The molecule has 1 amide bonds. The predicted octanol–water partition coefficient (Wildman–Crippen LogP) is 2.61. The van der Waals surface area contributed by atoms with Crippen LogP contribution in [0.15, 0.2) is 18.3 Å². The van der Waals surface area contributed by atoms with E-state index in [2.05, 4.69) is 25.8 Å². The maximum Gasteiger partial charge on any atom is 0.272 e. The van der Waals surface area contributed by atoms with Gasteiger partial charge in [-0.05, 0) is 36.3 Å². The highest BCUT2D eigenvalue weighted by atomic mass is 32.1. The predicted molar refractivity (Wildman–Crippen MR) is 88.2 cm³/mol. The van der Waals surface area contributed by atoms with Gasteiger partial charge in [-0.2, -0.15) is 0 Å². The molecule has 1 fully saturated rings. The van der Waals surface area contributed by atoms with Crippen molar-refractivity contribution in [3.05, 3.63) is 29.6 Å². The van der Waals surface area contributed by atoms with Gasteiger partial charge in [-0.25, -0.2) is 0 Å². The third-order valence-electron chi connectivity index (χ3n) is 4.27. The van der Waals surface area contributed by atoms with Gasteiger partial charge in [0.05, 0.1) is 0 Å². The second-order valence-electron chi connectivity index (χ2n) is 6.73. The van der Waals surface area contributed by atoms with Crippen molar-refractivity contribution in [1.82, 2.24) is 9.88 Å². The molecule has 0 aliphatic carbocycles. The Hall–Kier alpha value is -1.49. The monoisotopic (exact) mass is 305 g/mol. The van der Waals surface area contributed by atoms with E-state index >= 15 is 0 Å². The molecule has 114 valence electrons. The van der Waals surface area contributed by atoms with Crippen molar-refractivity contribution in [2.45, 2.75) is 33.6 Å². The number of aromatic nitrogens is 1. The fourth-order valence-electron chi connectivity index (χ4n) is 2.78.